The highest BCUT2D eigenvalue weighted by molar-refractivity contribution is 7.16. The first-order valence-electron chi connectivity index (χ1n) is 9.86. The van der Waals surface area contributed by atoms with Crippen LogP contribution in [0.15, 0.2) is 17.1 Å². The summed E-state index contributed by atoms with van der Waals surface area (Å²) in [6.45, 7) is 8.43. The molecular formula is C19H31ClN4O2S. The number of hydrogen-bond acceptors (Lipinski definition) is 5. The van der Waals surface area contributed by atoms with Crippen LogP contribution < -0.4 is 5.32 Å². The molecule has 8 heteroatoms. The van der Waals surface area contributed by atoms with Crippen LogP contribution in [0.1, 0.15) is 24.1 Å². The number of nitrogens with one attached hydrogen (secondary N) is 1. The van der Waals surface area contributed by atoms with Crippen molar-refractivity contribution in [3.8, 4) is 0 Å². The van der Waals surface area contributed by atoms with E-state index in [1.165, 1.54) is 4.88 Å². The fourth-order valence-electron chi connectivity index (χ4n) is 3.47. The van der Waals surface area contributed by atoms with Crippen LogP contribution in [0, 0.1) is 0 Å². The largest absolute Gasteiger partial charge is 0.381 e. The zero-order valence-electron chi connectivity index (χ0n) is 16.2. The van der Waals surface area contributed by atoms with Crippen LogP contribution in [0.5, 0.6) is 0 Å². The smallest absolute Gasteiger partial charge is 0.193 e. The van der Waals surface area contributed by atoms with Gasteiger partial charge in [0.15, 0.2) is 5.96 Å². The summed E-state index contributed by atoms with van der Waals surface area (Å²) in [5.74, 6) is 1.000. The molecule has 0 saturated carbocycles. The molecule has 0 aromatic carbocycles. The van der Waals surface area contributed by atoms with Crippen molar-refractivity contribution in [1.82, 2.24) is 15.1 Å². The number of thiophene rings is 1. The molecule has 1 aromatic rings. The lowest BCUT2D eigenvalue weighted by Crippen LogP contribution is -2.52. The van der Waals surface area contributed by atoms with Gasteiger partial charge < -0.3 is 19.7 Å². The van der Waals surface area contributed by atoms with Gasteiger partial charge in [0.2, 0.25) is 0 Å². The molecule has 0 unspecified atom stereocenters. The summed E-state index contributed by atoms with van der Waals surface area (Å²) in [6.07, 6.45) is 3.42. The fourth-order valence-corrected chi connectivity index (χ4v) is 4.60. The maximum atomic E-state index is 6.03. The normalized spacial score (nSPS) is 20.2. The van der Waals surface area contributed by atoms with E-state index < -0.39 is 0 Å². The van der Waals surface area contributed by atoms with Crippen LogP contribution in [0.3, 0.4) is 0 Å². The topological polar surface area (TPSA) is 49.3 Å². The van der Waals surface area contributed by atoms with E-state index in [2.05, 4.69) is 26.2 Å². The molecule has 1 aromatic heterocycles. The van der Waals surface area contributed by atoms with Crippen molar-refractivity contribution in [3.05, 3.63) is 21.3 Å². The highest BCUT2D eigenvalue weighted by atomic mass is 35.5. The average molecular weight is 415 g/mol. The van der Waals surface area contributed by atoms with Gasteiger partial charge in [-0.15, -0.1) is 11.3 Å². The van der Waals surface area contributed by atoms with Crippen molar-refractivity contribution < 1.29 is 9.47 Å². The fraction of sp³-hybridized carbons (Fsp3) is 0.737. The van der Waals surface area contributed by atoms with Gasteiger partial charge in [0.05, 0.1) is 10.4 Å². The molecule has 1 N–H and O–H groups in total. The highest BCUT2D eigenvalue weighted by Gasteiger charge is 2.20. The molecule has 6 nitrogen and oxygen atoms in total. The van der Waals surface area contributed by atoms with Gasteiger partial charge in [-0.25, -0.2) is 0 Å². The van der Waals surface area contributed by atoms with Crippen molar-refractivity contribution in [2.24, 2.45) is 4.99 Å². The summed E-state index contributed by atoms with van der Waals surface area (Å²) < 4.78 is 12.2. The van der Waals surface area contributed by atoms with E-state index in [4.69, 9.17) is 21.1 Å². The Morgan fingerprint density at radius 3 is 2.74 bits per heavy atom. The third kappa shape index (κ3) is 6.91. The SMILES string of the molecule is CN=C(NCCCOC1CCOCC1)N1CCN(Cc2ccc(Cl)s2)CC1. The standard InChI is InChI=1S/C19H31ClN4O2S/c1-21-19(22-7-2-12-26-16-5-13-25-14-6-16)24-10-8-23(9-11-24)15-17-3-4-18(20)27-17/h3-4,16H,2,5-15H2,1H3,(H,21,22). The number of nitrogens with zero attached hydrogens (tertiary/aromatic N) is 3. The summed E-state index contributed by atoms with van der Waals surface area (Å²) in [5.41, 5.74) is 0. The van der Waals surface area contributed by atoms with Gasteiger partial charge in [0.1, 0.15) is 0 Å². The number of hydrogen-bond donors (Lipinski definition) is 1. The monoisotopic (exact) mass is 414 g/mol. The third-order valence-electron chi connectivity index (χ3n) is 5.02. The quantitative estimate of drug-likeness (QED) is 0.422. The first-order valence-corrected chi connectivity index (χ1v) is 11.1. The van der Waals surface area contributed by atoms with Crippen LogP contribution in [-0.4, -0.2) is 81.5 Å². The molecule has 0 aliphatic carbocycles. The van der Waals surface area contributed by atoms with Gasteiger partial charge >= 0.3 is 0 Å². The van der Waals surface area contributed by atoms with Crippen molar-refractivity contribution in [2.75, 3.05) is 59.6 Å². The Bertz CT molecular complexity index is 584. The number of guanidine groups is 1. The Labute approximate surface area is 171 Å². The molecule has 3 rings (SSSR count). The lowest BCUT2D eigenvalue weighted by molar-refractivity contribution is -0.0320. The predicted octanol–water partition coefficient (Wildman–Crippen LogP) is 2.68. The minimum absolute atomic E-state index is 0.379. The molecule has 0 bridgehead atoms. The second-order valence-corrected chi connectivity index (χ2v) is 8.78. The molecule has 3 heterocycles. The van der Waals surface area contributed by atoms with Gasteiger partial charge in [-0.05, 0) is 31.4 Å². The Hall–Kier alpha value is -0.860. The second-order valence-electron chi connectivity index (χ2n) is 6.98. The Balaban J connectivity index is 1.30. The highest BCUT2D eigenvalue weighted by Crippen LogP contribution is 2.23. The Morgan fingerprint density at radius 1 is 1.30 bits per heavy atom. The van der Waals surface area contributed by atoms with Gasteiger partial charge in [-0.2, -0.15) is 0 Å². The van der Waals surface area contributed by atoms with Gasteiger partial charge in [-0.1, -0.05) is 11.6 Å². The first-order chi connectivity index (χ1) is 13.2. The van der Waals surface area contributed by atoms with Crippen molar-refractivity contribution in [2.45, 2.75) is 31.9 Å². The molecule has 2 aliphatic heterocycles. The lowest BCUT2D eigenvalue weighted by atomic mass is 10.1. The van der Waals surface area contributed by atoms with Crippen LogP contribution in [-0.2, 0) is 16.0 Å². The molecular weight excluding hydrogens is 384 g/mol. The van der Waals surface area contributed by atoms with Crippen LogP contribution in [0.4, 0.5) is 0 Å². The van der Waals surface area contributed by atoms with E-state index in [0.717, 1.165) is 88.6 Å². The molecule has 0 amide bonds. The number of halogens is 1. The predicted molar refractivity (Wildman–Crippen MR) is 112 cm³/mol. The number of rotatable bonds is 7. The number of ether oxygens (including phenoxy) is 2. The Kier molecular flexibility index (Phi) is 8.67. The molecule has 0 spiro atoms. The minimum Gasteiger partial charge on any atom is -0.381 e. The number of aliphatic imine (C=N–C) groups is 1. The van der Waals surface area contributed by atoms with Crippen molar-refractivity contribution in [3.63, 3.8) is 0 Å². The molecule has 2 aliphatic rings. The molecule has 2 fully saturated rings. The maximum absolute atomic E-state index is 6.03. The van der Waals surface area contributed by atoms with Gasteiger partial charge in [0, 0.05) is 71.0 Å². The lowest BCUT2D eigenvalue weighted by Gasteiger charge is -2.36. The van der Waals surface area contributed by atoms with Crippen LogP contribution >= 0.6 is 22.9 Å². The summed E-state index contributed by atoms with van der Waals surface area (Å²) in [5, 5.41) is 3.48. The van der Waals surface area contributed by atoms with E-state index in [-0.39, 0.29) is 0 Å². The first kappa shape index (κ1) is 20.9. The van der Waals surface area contributed by atoms with Crippen LogP contribution in [0.2, 0.25) is 4.34 Å². The van der Waals surface area contributed by atoms with E-state index in [1.807, 2.05) is 13.1 Å². The molecule has 2 saturated heterocycles. The van der Waals surface area contributed by atoms with Gasteiger partial charge in [-0.3, -0.25) is 9.89 Å². The van der Waals surface area contributed by atoms with E-state index in [9.17, 15) is 0 Å². The van der Waals surface area contributed by atoms with Crippen molar-refractivity contribution >= 4 is 28.9 Å². The summed E-state index contributed by atoms with van der Waals surface area (Å²) in [7, 11) is 1.86. The summed E-state index contributed by atoms with van der Waals surface area (Å²) in [6, 6.07) is 4.11. The zero-order chi connectivity index (χ0) is 18.9. The van der Waals surface area contributed by atoms with E-state index in [1.54, 1.807) is 11.3 Å². The van der Waals surface area contributed by atoms with E-state index >= 15 is 0 Å². The summed E-state index contributed by atoms with van der Waals surface area (Å²) in [4.78, 5) is 10.6. The van der Waals surface area contributed by atoms with E-state index in [0.29, 0.717) is 6.10 Å². The Morgan fingerprint density at radius 2 is 2.07 bits per heavy atom. The second kappa shape index (κ2) is 11.2. The molecule has 27 heavy (non-hydrogen) atoms. The third-order valence-corrected chi connectivity index (χ3v) is 6.23. The molecule has 0 atom stereocenters. The van der Waals surface area contributed by atoms with Crippen LogP contribution in [0.25, 0.3) is 0 Å². The molecule has 152 valence electrons. The molecule has 0 radical (unpaired) electrons. The zero-order valence-corrected chi connectivity index (χ0v) is 17.7. The number of piperazine rings is 1. The summed E-state index contributed by atoms with van der Waals surface area (Å²) >= 11 is 7.70. The van der Waals surface area contributed by atoms with Gasteiger partial charge in [0.25, 0.3) is 0 Å². The van der Waals surface area contributed by atoms with Crippen molar-refractivity contribution in [1.29, 1.82) is 0 Å². The minimum atomic E-state index is 0.379. The average Bonchev–Trinajstić information content (AvgIpc) is 3.11. The maximum Gasteiger partial charge on any atom is 0.193 e.